The molecule has 4 nitrogen and oxygen atoms in total. The van der Waals surface area contributed by atoms with E-state index in [-0.39, 0.29) is 11.9 Å². The second-order valence-corrected chi connectivity index (χ2v) is 5.05. The summed E-state index contributed by atoms with van der Waals surface area (Å²) < 4.78 is 0. The van der Waals surface area contributed by atoms with Crippen molar-refractivity contribution >= 4 is 17.3 Å². The predicted molar refractivity (Wildman–Crippen MR) is 86.6 cm³/mol. The maximum Gasteiger partial charge on any atom is 0.245 e. The van der Waals surface area contributed by atoms with Crippen LogP contribution in [-0.4, -0.2) is 32.6 Å². The third kappa shape index (κ3) is 3.31. The van der Waals surface area contributed by atoms with Gasteiger partial charge in [-0.05, 0) is 30.7 Å². The summed E-state index contributed by atoms with van der Waals surface area (Å²) >= 11 is 0. The Balaban J connectivity index is 0.000000956. The van der Waals surface area contributed by atoms with E-state index < -0.39 is 0 Å². The molecule has 1 aromatic carbocycles. The average molecular weight is 277 g/mol. The number of anilines is 2. The summed E-state index contributed by atoms with van der Waals surface area (Å²) in [5.74, 6) is 0.586. The van der Waals surface area contributed by atoms with Gasteiger partial charge >= 0.3 is 0 Å². The van der Waals surface area contributed by atoms with E-state index in [4.69, 9.17) is 0 Å². The fourth-order valence-electron chi connectivity index (χ4n) is 2.22. The molecule has 0 spiro atoms. The lowest BCUT2D eigenvalue weighted by molar-refractivity contribution is -0.119. The second kappa shape index (κ2) is 7.29. The number of nitrogens with one attached hydrogen (secondary N) is 2. The molecular formula is C16H27N3O. The van der Waals surface area contributed by atoms with Gasteiger partial charge in [0.2, 0.25) is 5.91 Å². The molecule has 2 N–H and O–H groups in total. The van der Waals surface area contributed by atoms with Gasteiger partial charge in [0.15, 0.2) is 0 Å². The Morgan fingerprint density at radius 3 is 2.55 bits per heavy atom. The highest BCUT2D eigenvalue weighted by atomic mass is 16.2. The maximum atomic E-state index is 12.2. The molecule has 0 aromatic heterocycles. The molecule has 1 amide bonds. The zero-order valence-corrected chi connectivity index (χ0v) is 13.4. The summed E-state index contributed by atoms with van der Waals surface area (Å²) in [6.07, 6.45) is 0. The Morgan fingerprint density at radius 1 is 1.35 bits per heavy atom. The SMILES string of the molecule is CC.CNC1CNc2cc(C(C)C)ccc2N(C)C1=O. The first kappa shape index (κ1) is 16.5. The minimum Gasteiger partial charge on any atom is -0.381 e. The van der Waals surface area contributed by atoms with Crippen molar-refractivity contribution in [1.82, 2.24) is 5.32 Å². The zero-order chi connectivity index (χ0) is 15.3. The van der Waals surface area contributed by atoms with Gasteiger partial charge in [-0.15, -0.1) is 0 Å². The molecule has 1 heterocycles. The summed E-state index contributed by atoms with van der Waals surface area (Å²) in [4.78, 5) is 13.9. The van der Waals surface area contributed by atoms with Crippen LogP contribution < -0.4 is 15.5 Å². The van der Waals surface area contributed by atoms with E-state index in [1.165, 1.54) is 5.56 Å². The van der Waals surface area contributed by atoms with E-state index in [2.05, 4.69) is 36.6 Å². The highest BCUT2D eigenvalue weighted by Gasteiger charge is 2.26. The molecule has 0 fully saturated rings. The van der Waals surface area contributed by atoms with Crippen LogP contribution in [0.5, 0.6) is 0 Å². The van der Waals surface area contributed by atoms with Gasteiger partial charge in [0.05, 0.1) is 11.4 Å². The molecule has 1 unspecified atom stereocenters. The molecular weight excluding hydrogens is 250 g/mol. The van der Waals surface area contributed by atoms with Gasteiger partial charge in [-0.3, -0.25) is 4.79 Å². The smallest absolute Gasteiger partial charge is 0.245 e. The van der Waals surface area contributed by atoms with Crippen molar-refractivity contribution in [2.24, 2.45) is 0 Å². The first-order valence-electron chi connectivity index (χ1n) is 7.37. The number of hydrogen-bond acceptors (Lipinski definition) is 3. The summed E-state index contributed by atoms with van der Waals surface area (Å²) in [6, 6.07) is 6.08. The van der Waals surface area contributed by atoms with Gasteiger partial charge < -0.3 is 15.5 Å². The van der Waals surface area contributed by atoms with Crippen molar-refractivity contribution in [3.8, 4) is 0 Å². The summed E-state index contributed by atoms with van der Waals surface area (Å²) in [6.45, 7) is 8.96. The van der Waals surface area contributed by atoms with Gasteiger partial charge in [-0.1, -0.05) is 33.8 Å². The first-order chi connectivity index (χ1) is 9.54. The number of amides is 1. The summed E-state index contributed by atoms with van der Waals surface area (Å²) in [5.41, 5.74) is 3.27. The molecule has 112 valence electrons. The van der Waals surface area contributed by atoms with Gasteiger partial charge in [-0.25, -0.2) is 0 Å². The number of fused-ring (bicyclic) bond motifs is 1. The van der Waals surface area contributed by atoms with Crippen LogP contribution in [0.25, 0.3) is 0 Å². The Bertz CT molecular complexity index is 457. The van der Waals surface area contributed by atoms with Crippen molar-refractivity contribution in [2.75, 3.05) is 30.9 Å². The van der Waals surface area contributed by atoms with Crippen LogP contribution in [-0.2, 0) is 4.79 Å². The lowest BCUT2D eigenvalue weighted by atomic mass is 10.0. The molecule has 20 heavy (non-hydrogen) atoms. The summed E-state index contributed by atoms with van der Waals surface area (Å²) in [5, 5.41) is 6.40. The molecule has 0 radical (unpaired) electrons. The molecule has 0 bridgehead atoms. The highest BCUT2D eigenvalue weighted by Crippen LogP contribution is 2.31. The molecule has 4 heteroatoms. The molecule has 0 aliphatic carbocycles. The average Bonchev–Trinajstić information content (AvgIpc) is 2.59. The van der Waals surface area contributed by atoms with Crippen molar-refractivity contribution in [2.45, 2.75) is 39.7 Å². The predicted octanol–water partition coefficient (Wildman–Crippen LogP) is 2.81. The Hall–Kier alpha value is -1.55. The fourth-order valence-corrected chi connectivity index (χ4v) is 2.22. The lowest BCUT2D eigenvalue weighted by Gasteiger charge is -2.20. The minimum absolute atomic E-state index is 0.0982. The number of rotatable bonds is 2. The maximum absolute atomic E-state index is 12.2. The van der Waals surface area contributed by atoms with Crippen molar-refractivity contribution in [3.05, 3.63) is 23.8 Å². The topological polar surface area (TPSA) is 44.4 Å². The number of carbonyl (C=O) groups is 1. The largest absolute Gasteiger partial charge is 0.381 e. The molecule has 0 saturated heterocycles. The molecule has 2 rings (SSSR count). The highest BCUT2D eigenvalue weighted by molar-refractivity contribution is 6.01. The van der Waals surface area contributed by atoms with E-state index in [1.54, 1.807) is 4.90 Å². The van der Waals surface area contributed by atoms with Crippen LogP contribution in [0.3, 0.4) is 0 Å². The van der Waals surface area contributed by atoms with E-state index in [0.29, 0.717) is 12.5 Å². The Morgan fingerprint density at radius 2 is 2.00 bits per heavy atom. The molecule has 1 atom stereocenters. The van der Waals surface area contributed by atoms with Gasteiger partial charge in [0, 0.05) is 13.6 Å². The normalized spacial score (nSPS) is 17.9. The molecule has 1 aliphatic rings. The van der Waals surface area contributed by atoms with Crippen LogP contribution in [0.1, 0.15) is 39.2 Å². The Kier molecular flexibility index (Phi) is 6.02. The number of carbonyl (C=O) groups excluding carboxylic acids is 1. The van der Waals surface area contributed by atoms with Gasteiger partial charge in [0.25, 0.3) is 0 Å². The van der Waals surface area contributed by atoms with Crippen molar-refractivity contribution in [3.63, 3.8) is 0 Å². The van der Waals surface area contributed by atoms with Crippen molar-refractivity contribution in [1.29, 1.82) is 0 Å². The van der Waals surface area contributed by atoms with Crippen molar-refractivity contribution < 1.29 is 4.79 Å². The minimum atomic E-state index is -0.176. The first-order valence-corrected chi connectivity index (χ1v) is 7.37. The van der Waals surface area contributed by atoms with E-state index in [9.17, 15) is 4.79 Å². The third-order valence-corrected chi connectivity index (χ3v) is 3.52. The second-order valence-electron chi connectivity index (χ2n) is 5.05. The molecule has 1 aromatic rings. The van der Waals surface area contributed by atoms with E-state index >= 15 is 0 Å². The zero-order valence-electron chi connectivity index (χ0n) is 13.4. The fraction of sp³-hybridized carbons (Fsp3) is 0.562. The standard InChI is InChI=1S/C14H21N3O.C2H6/c1-9(2)10-5-6-13-11(7-10)16-8-12(15-3)14(18)17(13)4;1-2/h5-7,9,12,15-16H,8H2,1-4H3;1-2H3. The van der Waals surface area contributed by atoms with Crippen LogP contribution in [0.2, 0.25) is 0 Å². The van der Waals surface area contributed by atoms with Gasteiger partial charge in [0.1, 0.15) is 6.04 Å². The number of hydrogen-bond donors (Lipinski definition) is 2. The monoisotopic (exact) mass is 277 g/mol. The van der Waals surface area contributed by atoms with E-state index in [1.807, 2.05) is 34.0 Å². The summed E-state index contributed by atoms with van der Waals surface area (Å²) in [7, 11) is 3.64. The van der Waals surface area contributed by atoms with Crippen LogP contribution in [0, 0.1) is 0 Å². The number of nitrogens with zero attached hydrogens (tertiary/aromatic N) is 1. The molecule has 1 aliphatic heterocycles. The van der Waals surface area contributed by atoms with Crippen LogP contribution >= 0.6 is 0 Å². The van der Waals surface area contributed by atoms with Gasteiger partial charge in [-0.2, -0.15) is 0 Å². The quantitative estimate of drug-likeness (QED) is 0.873. The van der Waals surface area contributed by atoms with Crippen LogP contribution in [0.4, 0.5) is 11.4 Å². The lowest BCUT2D eigenvalue weighted by Crippen LogP contribution is -2.45. The third-order valence-electron chi connectivity index (χ3n) is 3.52. The molecule has 0 saturated carbocycles. The Labute approximate surface area is 122 Å². The van der Waals surface area contributed by atoms with Crippen LogP contribution in [0.15, 0.2) is 18.2 Å². The number of benzene rings is 1. The van der Waals surface area contributed by atoms with E-state index in [0.717, 1.165) is 11.4 Å². The number of likely N-dealkylation sites (N-methyl/N-ethyl adjacent to an activating group) is 2.